The molecule has 0 saturated heterocycles. The average molecular weight is 274 g/mol. The number of carboxylic acid groups (broad SMARTS) is 1. The van der Waals surface area contributed by atoms with Gasteiger partial charge in [0.25, 0.3) is 0 Å². The van der Waals surface area contributed by atoms with E-state index in [2.05, 4.69) is 9.71 Å². The third-order valence-corrected chi connectivity index (χ3v) is 4.72. The lowest BCUT2D eigenvalue weighted by atomic mass is 9.78. The first-order chi connectivity index (χ1) is 8.38. The standard InChI is InChI=1S/C10H14N2O5S/c13-6-10(2-1-3-10)12-18(16,17)7-4-8(9(14)15)11-5-7/h4-5,11-13H,1-3,6H2,(H,14,15). The molecular weight excluding hydrogens is 260 g/mol. The van der Waals surface area contributed by atoms with Crippen molar-refractivity contribution < 1.29 is 23.4 Å². The van der Waals surface area contributed by atoms with Crippen LogP contribution in [0.5, 0.6) is 0 Å². The Hall–Kier alpha value is -1.38. The molecule has 1 aromatic rings. The van der Waals surface area contributed by atoms with Crippen molar-refractivity contribution in [2.45, 2.75) is 29.7 Å². The summed E-state index contributed by atoms with van der Waals surface area (Å²) < 4.78 is 26.4. The van der Waals surface area contributed by atoms with Crippen LogP contribution in [0, 0.1) is 0 Å². The van der Waals surface area contributed by atoms with E-state index >= 15 is 0 Å². The quantitative estimate of drug-likeness (QED) is 0.598. The summed E-state index contributed by atoms with van der Waals surface area (Å²) in [5.41, 5.74) is -0.985. The zero-order chi connectivity index (χ0) is 13.4. The number of aromatic amines is 1. The molecule has 1 aliphatic carbocycles. The van der Waals surface area contributed by atoms with Gasteiger partial charge in [-0.25, -0.2) is 17.9 Å². The predicted molar refractivity (Wildman–Crippen MR) is 61.7 cm³/mol. The van der Waals surface area contributed by atoms with Gasteiger partial charge in [0.1, 0.15) is 10.6 Å². The third-order valence-electron chi connectivity index (χ3n) is 3.16. The van der Waals surface area contributed by atoms with Crippen LogP contribution < -0.4 is 4.72 Å². The van der Waals surface area contributed by atoms with Crippen molar-refractivity contribution in [3.63, 3.8) is 0 Å². The number of aromatic carboxylic acids is 1. The van der Waals surface area contributed by atoms with Crippen LogP contribution in [0.1, 0.15) is 29.8 Å². The zero-order valence-electron chi connectivity index (χ0n) is 9.51. The molecule has 0 atom stereocenters. The molecule has 0 radical (unpaired) electrons. The molecule has 1 aromatic heterocycles. The van der Waals surface area contributed by atoms with Crippen molar-refractivity contribution >= 4 is 16.0 Å². The molecular formula is C10H14N2O5S. The molecule has 1 heterocycles. The molecule has 0 aromatic carbocycles. The number of H-pyrrole nitrogens is 1. The van der Waals surface area contributed by atoms with Gasteiger partial charge >= 0.3 is 5.97 Å². The van der Waals surface area contributed by atoms with E-state index in [4.69, 9.17) is 5.11 Å². The van der Waals surface area contributed by atoms with Crippen LogP contribution >= 0.6 is 0 Å². The van der Waals surface area contributed by atoms with Crippen LogP contribution in [0.25, 0.3) is 0 Å². The first-order valence-corrected chi connectivity index (χ1v) is 6.93. The van der Waals surface area contributed by atoms with E-state index in [1.165, 1.54) is 0 Å². The topological polar surface area (TPSA) is 119 Å². The van der Waals surface area contributed by atoms with E-state index in [0.717, 1.165) is 18.7 Å². The fraction of sp³-hybridized carbons (Fsp3) is 0.500. The van der Waals surface area contributed by atoms with E-state index in [1.807, 2.05) is 0 Å². The molecule has 4 N–H and O–H groups in total. The number of hydrogen-bond acceptors (Lipinski definition) is 4. The minimum atomic E-state index is -3.81. The second-order valence-corrected chi connectivity index (χ2v) is 6.13. The first kappa shape index (κ1) is 13.1. The van der Waals surface area contributed by atoms with Crippen molar-refractivity contribution in [2.75, 3.05) is 6.61 Å². The number of rotatable bonds is 5. The number of nitrogens with one attached hydrogen (secondary N) is 2. The zero-order valence-corrected chi connectivity index (χ0v) is 10.3. The maximum absolute atomic E-state index is 12.0. The van der Waals surface area contributed by atoms with Crippen LogP contribution in [0.4, 0.5) is 0 Å². The fourth-order valence-corrected chi connectivity index (χ4v) is 3.34. The number of aliphatic hydroxyl groups excluding tert-OH is 1. The SMILES string of the molecule is O=C(O)c1cc(S(=O)(=O)NC2(CO)CCC2)c[nH]1. The number of hydrogen-bond donors (Lipinski definition) is 4. The van der Waals surface area contributed by atoms with Crippen molar-refractivity contribution in [1.29, 1.82) is 0 Å². The van der Waals surface area contributed by atoms with Crippen molar-refractivity contribution in [1.82, 2.24) is 9.71 Å². The number of carboxylic acids is 1. The van der Waals surface area contributed by atoms with Crippen LogP contribution in [0.3, 0.4) is 0 Å². The molecule has 0 aliphatic heterocycles. The Morgan fingerprint density at radius 3 is 2.56 bits per heavy atom. The molecule has 100 valence electrons. The molecule has 0 bridgehead atoms. The second-order valence-electron chi connectivity index (χ2n) is 4.45. The van der Waals surface area contributed by atoms with E-state index < -0.39 is 21.5 Å². The highest BCUT2D eigenvalue weighted by Gasteiger charge is 2.40. The number of aliphatic hydroxyl groups is 1. The maximum atomic E-state index is 12.0. The Morgan fingerprint density at radius 1 is 1.50 bits per heavy atom. The van der Waals surface area contributed by atoms with Crippen LogP contribution in [-0.2, 0) is 10.0 Å². The summed E-state index contributed by atoms with van der Waals surface area (Å²) in [4.78, 5) is 12.9. The van der Waals surface area contributed by atoms with Gasteiger partial charge in [0.2, 0.25) is 10.0 Å². The summed E-state index contributed by atoms with van der Waals surface area (Å²) >= 11 is 0. The van der Waals surface area contributed by atoms with E-state index in [0.29, 0.717) is 12.8 Å². The molecule has 2 rings (SSSR count). The third kappa shape index (κ3) is 2.26. The largest absolute Gasteiger partial charge is 0.477 e. The normalized spacial score (nSPS) is 18.3. The maximum Gasteiger partial charge on any atom is 0.352 e. The van der Waals surface area contributed by atoms with Gasteiger partial charge in [-0.2, -0.15) is 0 Å². The Kier molecular flexibility index (Phi) is 3.18. The molecule has 7 nitrogen and oxygen atoms in total. The number of aromatic nitrogens is 1. The average Bonchev–Trinajstić information content (AvgIpc) is 2.73. The van der Waals surface area contributed by atoms with Gasteiger partial charge in [0.05, 0.1) is 12.1 Å². The van der Waals surface area contributed by atoms with Gasteiger partial charge < -0.3 is 15.2 Å². The van der Waals surface area contributed by atoms with Gasteiger partial charge in [-0.05, 0) is 25.3 Å². The van der Waals surface area contributed by atoms with Crippen LogP contribution in [0.15, 0.2) is 17.2 Å². The van der Waals surface area contributed by atoms with Crippen molar-refractivity contribution in [2.24, 2.45) is 0 Å². The monoisotopic (exact) mass is 274 g/mol. The lowest BCUT2D eigenvalue weighted by Crippen LogP contribution is -2.55. The molecule has 1 aliphatic rings. The molecule has 1 saturated carbocycles. The minimum absolute atomic E-state index is 0.139. The number of carbonyl (C=O) groups is 1. The molecule has 0 spiro atoms. The summed E-state index contributed by atoms with van der Waals surface area (Å²) in [6.07, 6.45) is 3.14. The molecule has 1 fully saturated rings. The summed E-state index contributed by atoms with van der Waals surface area (Å²) in [5, 5.41) is 17.9. The number of sulfonamides is 1. The summed E-state index contributed by atoms with van der Waals surface area (Å²) in [5.74, 6) is -1.23. The smallest absolute Gasteiger partial charge is 0.352 e. The molecule has 8 heteroatoms. The highest BCUT2D eigenvalue weighted by molar-refractivity contribution is 7.89. The van der Waals surface area contributed by atoms with E-state index in [-0.39, 0.29) is 17.2 Å². The van der Waals surface area contributed by atoms with E-state index in [9.17, 15) is 18.3 Å². The Bertz CT molecular complexity index is 553. The molecule has 0 amide bonds. The van der Waals surface area contributed by atoms with Crippen LogP contribution in [-0.4, -0.2) is 41.7 Å². The molecule has 18 heavy (non-hydrogen) atoms. The highest BCUT2D eigenvalue weighted by Crippen LogP contribution is 2.32. The first-order valence-electron chi connectivity index (χ1n) is 5.45. The fourth-order valence-electron chi connectivity index (χ4n) is 1.89. The van der Waals surface area contributed by atoms with Crippen molar-refractivity contribution in [3.8, 4) is 0 Å². The van der Waals surface area contributed by atoms with Gasteiger partial charge in [-0.3, -0.25) is 0 Å². The van der Waals surface area contributed by atoms with Gasteiger partial charge in [-0.15, -0.1) is 0 Å². The van der Waals surface area contributed by atoms with Crippen LogP contribution in [0.2, 0.25) is 0 Å². The Morgan fingerprint density at radius 2 is 2.17 bits per heavy atom. The molecule has 0 unspecified atom stereocenters. The summed E-state index contributed by atoms with van der Waals surface area (Å²) in [6, 6.07) is 1.05. The lowest BCUT2D eigenvalue weighted by molar-refractivity contribution is 0.0691. The second kappa shape index (κ2) is 4.38. The van der Waals surface area contributed by atoms with Gasteiger partial charge in [0.15, 0.2) is 0 Å². The lowest BCUT2D eigenvalue weighted by Gasteiger charge is -2.40. The van der Waals surface area contributed by atoms with Gasteiger partial charge in [-0.1, -0.05) is 0 Å². The Labute approximate surface area is 104 Å². The highest BCUT2D eigenvalue weighted by atomic mass is 32.2. The summed E-state index contributed by atoms with van der Waals surface area (Å²) in [7, 11) is -3.81. The minimum Gasteiger partial charge on any atom is -0.477 e. The summed E-state index contributed by atoms with van der Waals surface area (Å²) in [6.45, 7) is -0.261. The van der Waals surface area contributed by atoms with Crippen molar-refractivity contribution in [3.05, 3.63) is 18.0 Å². The Balaban J connectivity index is 2.22. The van der Waals surface area contributed by atoms with Gasteiger partial charge in [0, 0.05) is 6.20 Å². The van der Waals surface area contributed by atoms with E-state index in [1.54, 1.807) is 0 Å². The predicted octanol–water partition coefficient (Wildman–Crippen LogP) is -0.0938.